The fourth-order valence-electron chi connectivity index (χ4n) is 0.757. The molecule has 0 aromatic heterocycles. The Labute approximate surface area is 86.2 Å². The Morgan fingerprint density at radius 1 is 1.29 bits per heavy atom. The molecule has 1 aromatic rings. The van der Waals surface area contributed by atoms with Gasteiger partial charge in [-0.3, -0.25) is 0 Å². The summed E-state index contributed by atoms with van der Waals surface area (Å²) < 4.78 is 52.6. The van der Waals surface area contributed by atoms with Gasteiger partial charge in [-0.05, 0) is 28.1 Å². The predicted octanol–water partition coefficient (Wildman–Crippen LogP) is 3.35. The van der Waals surface area contributed by atoms with Crippen LogP contribution in [0, 0.1) is 5.82 Å². The molecule has 1 aromatic carbocycles. The first kappa shape index (κ1) is 11.4. The lowest BCUT2D eigenvalue weighted by molar-refractivity contribution is 0.312. The van der Waals surface area contributed by atoms with E-state index in [2.05, 4.69) is 20.7 Å². The highest BCUT2D eigenvalue weighted by atomic mass is 79.9. The first-order chi connectivity index (χ1) is 6.38. The van der Waals surface area contributed by atoms with Crippen molar-refractivity contribution in [2.75, 3.05) is 6.51 Å². The molecule has 0 saturated heterocycles. The van der Waals surface area contributed by atoms with Gasteiger partial charge >= 0.3 is 6.98 Å². The van der Waals surface area contributed by atoms with Gasteiger partial charge < -0.3 is 17.7 Å². The normalized spacial score (nSPS) is 11.5. The Bertz CT molecular complexity index is 328. The molecule has 1 rings (SSSR count). The molecule has 78 valence electrons. The number of hydrogen-bond donors (Lipinski definition) is 0. The van der Waals surface area contributed by atoms with Gasteiger partial charge in [-0.1, -0.05) is 0 Å². The van der Waals surface area contributed by atoms with Crippen molar-refractivity contribution >= 4 is 22.9 Å². The van der Waals surface area contributed by atoms with E-state index < -0.39 is 19.3 Å². The molecule has 0 N–H and O–H groups in total. The van der Waals surface area contributed by atoms with Gasteiger partial charge in [0.2, 0.25) is 0 Å². The van der Waals surface area contributed by atoms with Crippen molar-refractivity contribution < 1.29 is 22.1 Å². The van der Waals surface area contributed by atoms with E-state index in [9.17, 15) is 17.3 Å². The minimum absolute atomic E-state index is 0.134. The zero-order valence-corrected chi connectivity index (χ0v) is 8.40. The maximum absolute atomic E-state index is 12.8. The lowest BCUT2D eigenvalue weighted by atomic mass is 9.95. The molecule has 0 atom stereocenters. The Morgan fingerprint density at radius 3 is 2.43 bits per heavy atom. The second kappa shape index (κ2) is 4.21. The van der Waals surface area contributed by atoms with Crippen molar-refractivity contribution in [1.29, 1.82) is 0 Å². The Balaban J connectivity index is 2.65. The van der Waals surface area contributed by atoms with Gasteiger partial charge in [0.05, 0.1) is 11.0 Å². The van der Waals surface area contributed by atoms with Gasteiger partial charge in [-0.25, -0.2) is 4.39 Å². The molecular weight excluding hydrogens is 267 g/mol. The summed E-state index contributed by atoms with van der Waals surface area (Å²) in [5.41, 5.74) is 0. The maximum atomic E-state index is 12.8. The Kier molecular flexibility index (Phi) is 3.41. The van der Waals surface area contributed by atoms with Gasteiger partial charge in [0.1, 0.15) is 11.6 Å². The standard InChI is InChI=1S/C7H5BBrF4O/c9-6-2-1-5(3-7(6)10)14-4-8(11,12)13/h1-3H,4H2/q-1. The second-order valence-electron chi connectivity index (χ2n) is 2.60. The third-order valence-corrected chi connectivity index (χ3v) is 1.97. The fraction of sp³-hybridized carbons (Fsp3) is 0.143. The molecule has 14 heavy (non-hydrogen) atoms. The molecule has 7 heteroatoms. The van der Waals surface area contributed by atoms with Crippen LogP contribution in [0.4, 0.5) is 17.3 Å². The van der Waals surface area contributed by atoms with Crippen LogP contribution in [0.3, 0.4) is 0 Å². The van der Waals surface area contributed by atoms with E-state index in [4.69, 9.17) is 0 Å². The first-order valence-corrected chi connectivity index (χ1v) is 4.46. The van der Waals surface area contributed by atoms with Crippen LogP contribution in [-0.4, -0.2) is 13.5 Å². The van der Waals surface area contributed by atoms with Crippen LogP contribution in [0.15, 0.2) is 22.7 Å². The molecule has 0 fully saturated rings. The third-order valence-electron chi connectivity index (χ3n) is 1.33. The summed E-state index contributed by atoms with van der Waals surface area (Å²) in [6.45, 7) is -6.36. The maximum Gasteiger partial charge on any atom is 0.515 e. The van der Waals surface area contributed by atoms with Crippen molar-refractivity contribution in [3.05, 3.63) is 28.5 Å². The van der Waals surface area contributed by atoms with Gasteiger partial charge in [0.15, 0.2) is 0 Å². The smallest absolute Gasteiger partial charge is 0.515 e. The van der Waals surface area contributed by atoms with Crippen LogP contribution in [0.1, 0.15) is 0 Å². The molecule has 0 bridgehead atoms. The van der Waals surface area contributed by atoms with Gasteiger partial charge in [0, 0.05) is 6.07 Å². The van der Waals surface area contributed by atoms with E-state index in [1.54, 1.807) is 0 Å². The minimum Gasteiger partial charge on any atom is -0.522 e. The van der Waals surface area contributed by atoms with Crippen LogP contribution in [0.25, 0.3) is 0 Å². The molecule has 0 aliphatic carbocycles. The number of benzene rings is 1. The molecule has 0 spiro atoms. The summed E-state index contributed by atoms with van der Waals surface area (Å²) >= 11 is 2.87. The van der Waals surface area contributed by atoms with Crippen molar-refractivity contribution in [3.63, 3.8) is 0 Å². The molecule has 0 unspecified atom stereocenters. The lowest BCUT2D eigenvalue weighted by Crippen LogP contribution is -2.26. The van der Waals surface area contributed by atoms with Gasteiger partial charge in [-0.15, -0.1) is 0 Å². The van der Waals surface area contributed by atoms with Gasteiger partial charge in [0.25, 0.3) is 0 Å². The molecule has 1 nitrogen and oxygen atoms in total. The highest BCUT2D eigenvalue weighted by Crippen LogP contribution is 2.21. The highest BCUT2D eigenvalue weighted by molar-refractivity contribution is 9.10. The van der Waals surface area contributed by atoms with E-state index in [-0.39, 0.29) is 10.2 Å². The van der Waals surface area contributed by atoms with Crippen molar-refractivity contribution in [1.82, 2.24) is 0 Å². The lowest BCUT2D eigenvalue weighted by Gasteiger charge is -2.15. The van der Waals surface area contributed by atoms with Crippen LogP contribution >= 0.6 is 15.9 Å². The average molecular weight is 272 g/mol. The van der Waals surface area contributed by atoms with Crippen molar-refractivity contribution in [2.45, 2.75) is 0 Å². The SMILES string of the molecule is Fc1cc(OC[B-](F)(F)F)ccc1Br. The predicted molar refractivity (Wildman–Crippen MR) is 48.7 cm³/mol. The quantitative estimate of drug-likeness (QED) is 0.605. The monoisotopic (exact) mass is 271 g/mol. The second-order valence-corrected chi connectivity index (χ2v) is 3.45. The summed E-state index contributed by atoms with van der Waals surface area (Å²) in [5.74, 6) is -0.790. The van der Waals surface area contributed by atoms with E-state index in [1.807, 2.05) is 0 Å². The number of rotatable bonds is 3. The fourth-order valence-corrected chi connectivity index (χ4v) is 1.00. The summed E-state index contributed by atoms with van der Waals surface area (Å²) in [4.78, 5) is 0. The molecule has 0 amide bonds. The molecular formula is C7H5BBrF4O-. The molecule has 0 saturated carbocycles. The van der Waals surface area contributed by atoms with Crippen LogP contribution in [0.5, 0.6) is 5.75 Å². The van der Waals surface area contributed by atoms with Gasteiger partial charge in [-0.2, -0.15) is 0 Å². The zero-order valence-electron chi connectivity index (χ0n) is 6.81. The largest absolute Gasteiger partial charge is 0.522 e. The topological polar surface area (TPSA) is 9.23 Å². The summed E-state index contributed by atoms with van der Waals surface area (Å²) in [6, 6.07) is 3.44. The molecule has 0 aliphatic heterocycles. The summed E-state index contributed by atoms with van der Waals surface area (Å²) in [7, 11) is 0. The Hall–Kier alpha value is -0.715. The van der Waals surface area contributed by atoms with Crippen molar-refractivity contribution in [2.24, 2.45) is 0 Å². The summed E-state index contributed by atoms with van der Waals surface area (Å²) in [6.07, 6.45) is 0. The number of hydrogen-bond acceptors (Lipinski definition) is 1. The average Bonchev–Trinajstić information content (AvgIpc) is 2.06. The molecule has 0 heterocycles. The van der Waals surface area contributed by atoms with Crippen molar-refractivity contribution in [3.8, 4) is 5.75 Å². The van der Waals surface area contributed by atoms with E-state index >= 15 is 0 Å². The zero-order chi connectivity index (χ0) is 10.8. The summed E-state index contributed by atoms with van der Waals surface area (Å²) in [5, 5.41) is 0. The minimum atomic E-state index is -5.00. The van der Waals surface area contributed by atoms with E-state index in [0.29, 0.717) is 0 Å². The molecule has 0 radical (unpaired) electrons. The number of ether oxygens (including phenoxy) is 1. The van der Waals surface area contributed by atoms with Crippen LogP contribution in [0.2, 0.25) is 0 Å². The highest BCUT2D eigenvalue weighted by Gasteiger charge is 2.24. The number of halogens is 5. The first-order valence-electron chi connectivity index (χ1n) is 3.67. The van der Waals surface area contributed by atoms with E-state index in [1.165, 1.54) is 12.1 Å². The van der Waals surface area contributed by atoms with Crippen LogP contribution in [-0.2, 0) is 0 Å². The van der Waals surface area contributed by atoms with Crippen LogP contribution < -0.4 is 4.74 Å². The molecule has 0 aliphatic rings. The van der Waals surface area contributed by atoms with E-state index in [0.717, 1.165) is 6.07 Å². The third kappa shape index (κ3) is 3.57. The Morgan fingerprint density at radius 2 is 1.93 bits per heavy atom.